The van der Waals surface area contributed by atoms with Crippen LogP contribution in [0.3, 0.4) is 0 Å². The highest BCUT2D eigenvalue weighted by Gasteiger charge is 2.35. The molecule has 198 valence electrons. The highest BCUT2D eigenvalue weighted by molar-refractivity contribution is 9.10. The predicted molar refractivity (Wildman–Crippen MR) is 146 cm³/mol. The number of anilines is 2. The summed E-state index contributed by atoms with van der Waals surface area (Å²) in [5.74, 6) is -0.848. The molecule has 1 fully saturated rings. The molecule has 0 unspecified atom stereocenters. The molecule has 0 spiro atoms. The van der Waals surface area contributed by atoms with Crippen molar-refractivity contribution in [3.8, 4) is 5.75 Å². The Morgan fingerprint density at radius 3 is 2.45 bits per heavy atom. The maximum absolute atomic E-state index is 14.2. The highest BCUT2D eigenvalue weighted by Crippen LogP contribution is 2.27. The smallest absolute Gasteiger partial charge is 0.335 e. The first-order valence-corrected chi connectivity index (χ1v) is 12.9. The number of nitrogens with one attached hydrogen (secondary N) is 2. The zero-order valence-corrected chi connectivity index (χ0v) is 22.3. The van der Waals surface area contributed by atoms with E-state index in [-0.39, 0.29) is 37.5 Å². The summed E-state index contributed by atoms with van der Waals surface area (Å²) in [7, 11) is 0. The Morgan fingerprint density at radius 2 is 1.76 bits per heavy atom. The number of halogens is 3. The molecule has 1 saturated heterocycles. The first-order chi connectivity index (χ1) is 18.2. The zero-order valence-electron chi connectivity index (χ0n) is 20.0. The molecule has 0 bridgehead atoms. The van der Waals surface area contributed by atoms with Crippen LogP contribution in [-0.4, -0.2) is 53.3 Å². The van der Waals surface area contributed by atoms with E-state index >= 15 is 0 Å². The van der Waals surface area contributed by atoms with Crippen LogP contribution in [0.25, 0.3) is 0 Å². The number of hydrogen-bond donors (Lipinski definition) is 3. The van der Waals surface area contributed by atoms with Crippen molar-refractivity contribution >= 4 is 56.8 Å². The summed E-state index contributed by atoms with van der Waals surface area (Å²) >= 11 is 9.50. The van der Waals surface area contributed by atoms with Crippen LogP contribution >= 0.6 is 27.5 Å². The molecule has 2 atom stereocenters. The molecule has 1 aliphatic rings. The number of alkyl halides is 1. The van der Waals surface area contributed by atoms with Gasteiger partial charge in [0.2, 0.25) is 5.91 Å². The molecule has 0 saturated carbocycles. The number of ether oxygens (including phenoxy) is 1. The van der Waals surface area contributed by atoms with E-state index in [0.29, 0.717) is 32.2 Å². The zero-order chi connectivity index (χ0) is 27.2. The largest absolute Gasteiger partial charge is 0.491 e. The van der Waals surface area contributed by atoms with Gasteiger partial charge < -0.3 is 25.4 Å². The van der Waals surface area contributed by atoms with Gasteiger partial charge in [0.1, 0.15) is 18.5 Å². The van der Waals surface area contributed by atoms with Crippen molar-refractivity contribution in [1.29, 1.82) is 0 Å². The van der Waals surface area contributed by atoms with E-state index in [0.717, 1.165) is 0 Å². The summed E-state index contributed by atoms with van der Waals surface area (Å²) in [5.41, 5.74) is 1.78. The fourth-order valence-electron chi connectivity index (χ4n) is 4.09. The molecule has 3 aromatic carbocycles. The minimum atomic E-state index is -1.16. The molecule has 4 rings (SSSR count). The minimum Gasteiger partial charge on any atom is -0.491 e. The topological polar surface area (TPSA) is 108 Å². The number of urea groups is 1. The quantitative estimate of drug-likeness (QED) is 0.292. The Hall–Kier alpha value is -3.63. The number of carboxylic acids is 1. The average Bonchev–Trinajstić information content (AvgIpc) is 3.26. The Balaban J connectivity index is 1.34. The van der Waals surface area contributed by atoms with Gasteiger partial charge in [0.05, 0.1) is 41.0 Å². The third-order valence-corrected chi connectivity index (χ3v) is 6.97. The standard InChI is InChI=1S/C27H24BrClFN3O5/c28-21-11-16(5-10-23(21)31-27(37)32-24-4-2-1-3-22(24)29)12-25(34)33-14-18(30)13-19(33)15-38-20-8-6-17(7-9-20)26(35)36/h1-11,18-19H,12-15H2,(H,35,36)(H2,31,32,37)/t18-,19-/m0/s1. The number of amides is 3. The molecule has 0 aromatic heterocycles. The Morgan fingerprint density at radius 1 is 1.05 bits per heavy atom. The van der Waals surface area contributed by atoms with E-state index in [4.69, 9.17) is 21.4 Å². The van der Waals surface area contributed by atoms with E-state index in [2.05, 4.69) is 26.6 Å². The number of nitrogens with zero attached hydrogens (tertiary/aromatic N) is 1. The fourth-order valence-corrected chi connectivity index (χ4v) is 4.80. The van der Waals surface area contributed by atoms with Crippen LogP contribution in [0.5, 0.6) is 5.75 Å². The van der Waals surface area contributed by atoms with E-state index in [1.807, 2.05) is 0 Å². The second kappa shape index (κ2) is 12.3. The van der Waals surface area contributed by atoms with Gasteiger partial charge in [-0.05, 0) is 70.0 Å². The number of aromatic carboxylic acids is 1. The summed E-state index contributed by atoms with van der Waals surface area (Å²) in [6.45, 7) is 0.0690. The molecule has 8 nitrogen and oxygen atoms in total. The number of carboxylic acid groups (broad SMARTS) is 1. The van der Waals surface area contributed by atoms with E-state index < -0.39 is 24.2 Å². The molecule has 38 heavy (non-hydrogen) atoms. The van der Waals surface area contributed by atoms with Gasteiger partial charge in [0.15, 0.2) is 0 Å². The van der Waals surface area contributed by atoms with Gasteiger partial charge in [-0.15, -0.1) is 0 Å². The van der Waals surface area contributed by atoms with Crippen molar-refractivity contribution in [2.45, 2.75) is 25.1 Å². The third kappa shape index (κ3) is 7.02. The average molecular weight is 605 g/mol. The van der Waals surface area contributed by atoms with Crippen molar-refractivity contribution in [2.75, 3.05) is 23.8 Å². The monoisotopic (exact) mass is 603 g/mol. The third-order valence-electron chi connectivity index (χ3n) is 5.99. The van der Waals surface area contributed by atoms with Crippen molar-refractivity contribution in [3.63, 3.8) is 0 Å². The lowest BCUT2D eigenvalue weighted by atomic mass is 10.1. The molecule has 0 radical (unpaired) electrons. The van der Waals surface area contributed by atoms with Gasteiger partial charge in [-0.25, -0.2) is 14.0 Å². The highest BCUT2D eigenvalue weighted by atomic mass is 79.9. The molecule has 3 N–H and O–H groups in total. The number of carbonyl (C=O) groups excluding carboxylic acids is 2. The van der Waals surface area contributed by atoms with Crippen LogP contribution in [0.15, 0.2) is 71.2 Å². The lowest BCUT2D eigenvalue weighted by molar-refractivity contribution is -0.132. The van der Waals surface area contributed by atoms with Crippen LogP contribution in [0.1, 0.15) is 22.3 Å². The molecule has 3 amide bonds. The van der Waals surface area contributed by atoms with E-state index in [1.165, 1.54) is 29.2 Å². The van der Waals surface area contributed by atoms with Crippen LogP contribution in [0, 0.1) is 0 Å². The Kier molecular flexibility index (Phi) is 8.85. The summed E-state index contributed by atoms with van der Waals surface area (Å²) in [6, 6.07) is 16.9. The number of para-hydroxylation sites is 1. The van der Waals surface area contributed by atoms with Crippen LogP contribution in [0.4, 0.5) is 20.6 Å². The lowest BCUT2D eigenvalue weighted by Crippen LogP contribution is -2.40. The van der Waals surface area contributed by atoms with Crippen LogP contribution in [0.2, 0.25) is 5.02 Å². The van der Waals surface area contributed by atoms with Crippen molar-refractivity contribution < 1.29 is 28.6 Å². The van der Waals surface area contributed by atoms with Gasteiger partial charge in [-0.3, -0.25) is 4.79 Å². The molecule has 1 heterocycles. The van der Waals surface area contributed by atoms with Crippen LogP contribution in [-0.2, 0) is 11.2 Å². The van der Waals surface area contributed by atoms with Crippen LogP contribution < -0.4 is 15.4 Å². The summed E-state index contributed by atoms with van der Waals surface area (Å²) < 4.78 is 20.5. The molecular weight excluding hydrogens is 581 g/mol. The van der Waals surface area contributed by atoms with E-state index in [1.54, 1.807) is 42.5 Å². The second-order valence-corrected chi connectivity index (χ2v) is 9.98. The Labute approximate surface area is 231 Å². The number of likely N-dealkylation sites (tertiary alicyclic amines) is 1. The summed E-state index contributed by atoms with van der Waals surface area (Å²) in [5, 5.41) is 14.8. The fraction of sp³-hybridized carbons (Fsp3) is 0.222. The Bertz CT molecular complexity index is 1340. The molecule has 3 aromatic rings. The summed E-state index contributed by atoms with van der Waals surface area (Å²) in [4.78, 5) is 37.9. The van der Waals surface area contributed by atoms with Gasteiger partial charge >= 0.3 is 12.0 Å². The van der Waals surface area contributed by atoms with E-state index in [9.17, 15) is 18.8 Å². The van der Waals surface area contributed by atoms with Gasteiger partial charge in [0, 0.05) is 10.9 Å². The summed E-state index contributed by atoms with van der Waals surface area (Å²) in [6.07, 6.45) is -0.954. The predicted octanol–water partition coefficient (Wildman–Crippen LogP) is 6.01. The van der Waals surface area contributed by atoms with Crippen molar-refractivity contribution in [1.82, 2.24) is 4.90 Å². The van der Waals surface area contributed by atoms with Crippen molar-refractivity contribution in [3.05, 3.63) is 87.4 Å². The maximum atomic E-state index is 14.2. The second-order valence-electron chi connectivity index (χ2n) is 8.72. The van der Waals surface area contributed by atoms with Crippen molar-refractivity contribution in [2.24, 2.45) is 0 Å². The first kappa shape index (κ1) is 27.4. The number of benzene rings is 3. The molecule has 1 aliphatic heterocycles. The van der Waals surface area contributed by atoms with Gasteiger partial charge in [-0.2, -0.15) is 0 Å². The van der Waals surface area contributed by atoms with Gasteiger partial charge in [0.25, 0.3) is 0 Å². The normalized spacial score (nSPS) is 16.7. The lowest BCUT2D eigenvalue weighted by Gasteiger charge is -2.24. The molecule has 0 aliphatic carbocycles. The number of rotatable bonds is 8. The van der Waals surface area contributed by atoms with Gasteiger partial charge in [-0.1, -0.05) is 29.8 Å². The maximum Gasteiger partial charge on any atom is 0.335 e. The first-order valence-electron chi connectivity index (χ1n) is 11.7. The molecular formula is C27H24BrClFN3O5. The SMILES string of the molecule is O=C(Nc1ccccc1Cl)Nc1ccc(CC(=O)N2C[C@@H](F)C[C@H]2COc2ccc(C(=O)O)cc2)cc1Br. The number of carbonyl (C=O) groups is 3. The minimum absolute atomic E-state index is 0.0200. The number of hydrogen-bond acceptors (Lipinski definition) is 4. The molecule has 11 heteroatoms.